The zero-order chi connectivity index (χ0) is 18.1. The van der Waals surface area contributed by atoms with Crippen LogP contribution in [-0.4, -0.2) is 34.4 Å². The molecular weight excluding hydrogens is 495 g/mol. The summed E-state index contributed by atoms with van der Waals surface area (Å²) in [5, 5.41) is 6.98. The molecule has 2 rings (SSSR count). The third kappa shape index (κ3) is 7.67. The number of guanidine groups is 1. The van der Waals surface area contributed by atoms with Crippen molar-refractivity contribution >= 4 is 53.3 Å². The van der Waals surface area contributed by atoms with E-state index in [1.807, 2.05) is 31.2 Å². The summed E-state index contributed by atoms with van der Waals surface area (Å²) in [6.45, 7) is 0.776. The Balaban J connectivity index is 0.00000338. The van der Waals surface area contributed by atoms with Crippen LogP contribution < -0.4 is 10.6 Å². The predicted octanol–water partition coefficient (Wildman–Crippen LogP) is 4.40. The van der Waals surface area contributed by atoms with E-state index in [9.17, 15) is 8.78 Å². The van der Waals surface area contributed by atoms with Crippen molar-refractivity contribution in [2.75, 3.05) is 18.8 Å². The maximum atomic E-state index is 12.8. The molecule has 1 heterocycles. The highest BCUT2D eigenvalue weighted by Gasteiger charge is 2.10. The molecule has 0 aliphatic carbocycles. The lowest BCUT2D eigenvalue weighted by molar-refractivity contribution is 0.0671. The molecule has 1 aromatic heterocycles. The van der Waals surface area contributed by atoms with E-state index in [1.165, 1.54) is 12.4 Å². The van der Waals surface area contributed by atoms with E-state index >= 15 is 0 Å². The highest BCUT2D eigenvalue weighted by molar-refractivity contribution is 14.0. The summed E-state index contributed by atoms with van der Waals surface area (Å²) < 4.78 is 26.4. The molecular formula is C16H21ClF2IN5S. The lowest BCUT2D eigenvalue weighted by Crippen LogP contribution is -2.38. The number of alkyl halides is 2. The van der Waals surface area contributed by atoms with E-state index < -0.39 is 6.55 Å². The number of nitrogens with zero attached hydrogens (tertiary/aromatic N) is 3. The van der Waals surface area contributed by atoms with Gasteiger partial charge < -0.3 is 10.6 Å². The fraction of sp³-hybridized carbons (Fsp3) is 0.375. The minimum absolute atomic E-state index is 0. The lowest BCUT2D eigenvalue weighted by Gasteiger charge is -2.11. The summed E-state index contributed by atoms with van der Waals surface area (Å²) in [6.07, 6.45) is 2.60. The number of aromatic nitrogens is 2. The Kier molecular flexibility index (Phi) is 10.9. The van der Waals surface area contributed by atoms with Crippen molar-refractivity contribution < 1.29 is 8.78 Å². The van der Waals surface area contributed by atoms with Crippen molar-refractivity contribution in [1.82, 2.24) is 20.2 Å². The fourth-order valence-electron chi connectivity index (χ4n) is 2.00. The smallest absolute Gasteiger partial charge is 0.319 e. The number of imidazole rings is 1. The number of rotatable bonds is 8. The van der Waals surface area contributed by atoms with Crippen LogP contribution in [0.4, 0.5) is 8.78 Å². The van der Waals surface area contributed by atoms with Crippen molar-refractivity contribution in [3.05, 3.63) is 47.5 Å². The van der Waals surface area contributed by atoms with Crippen LogP contribution in [0.1, 0.15) is 19.3 Å². The second-order valence-electron chi connectivity index (χ2n) is 4.95. The first-order chi connectivity index (χ1) is 12.1. The summed E-state index contributed by atoms with van der Waals surface area (Å²) in [5.41, 5.74) is 0. The van der Waals surface area contributed by atoms with Crippen molar-refractivity contribution in [2.45, 2.75) is 24.9 Å². The van der Waals surface area contributed by atoms with Crippen molar-refractivity contribution in [1.29, 1.82) is 0 Å². The van der Waals surface area contributed by atoms with E-state index in [-0.39, 0.29) is 36.3 Å². The molecule has 0 radical (unpaired) electrons. The predicted molar refractivity (Wildman–Crippen MR) is 114 cm³/mol. The van der Waals surface area contributed by atoms with Gasteiger partial charge in [0.2, 0.25) is 0 Å². The van der Waals surface area contributed by atoms with Crippen LogP contribution in [0.25, 0.3) is 0 Å². The molecule has 1 aromatic carbocycles. The quantitative estimate of drug-likeness (QED) is 0.180. The molecule has 0 amide bonds. The minimum Gasteiger partial charge on any atom is -0.357 e. The normalized spacial score (nSPS) is 11.3. The van der Waals surface area contributed by atoms with Crippen LogP contribution in [0.15, 0.2) is 46.5 Å². The topological polar surface area (TPSA) is 54.2 Å². The molecule has 144 valence electrons. The molecule has 0 bridgehead atoms. The number of hydrogen-bond donors (Lipinski definition) is 2. The number of nitrogens with one attached hydrogen (secondary N) is 2. The Hall–Kier alpha value is -1.07. The Labute approximate surface area is 178 Å². The van der Waals surface area contributed by atoms with Crippen LogP contribution in [0.5, 0.6) is 0 Å². The monoisotopic (exact) mass is 515 g/mol. The molecule has 0 spiro atoms. The van der Waals surface area contributed by atoms with Crippen LogP contribution in [0, 0.1) is 0 Å². The highest BCUT2D eigenvalue weighted by Crippen LogP contribution is 2.19. The van der Waals surface area contributed by atoms with Gasteiger partial charge in [0.05, 0.1) is 0 Å². The molecule has 0 aliphatic heterocycles. The number of aliphatic imine (C=N–C) groups is 1. The zero-order valence-electron chi connectivity index (χ0n) is 14.2. The van der Waals surface area contributed by atoms with Crippen LogP contribution in [0.2, 0.25) is 5.02 Å². The number of benzene rings is 1. The molecule has 10 heteroatoms. The first-order valence-corrected chi connectivity index (χ1v) is 9.17. The Morgan fingerprint density at radius 1 is 1.31 bits per heavy atom. The van der Waals surface area contributed by atoms with E-state index in [4.69, 9.17) is 11.6 Å². The molecule has 0 unspecified atom stereocenters. The van der Waals surface area contributed by atoms with Crippen molar-refractivity contribution in [3.63, 3.8) is 0 Å². The van der Waals surface area contributed by atoms with Crippen LogP contribution in [0.3, 0.4) is 0 Å². The number of halogens is 4. The molecule has 0 atom stereocenters. The summed E-state index contributed by atoms with van der Waals surface area (Å²) in [6, 6.07) is 7.65. The largest absolute Gasteiger partial charge is 0.357 e. The summed E-state index contributed by atoms with van der Waals surface area (Å²) >= 11 is 7.55. The van der Waals surface area contributed by atoms with Gasteiger partial charge in [-0.3, -0.25) is 4.57 Å². The second kappa shape index (κ2) is 12.3. The minimum atomic E-state index is -2.61. The maximum absolute atomic E-state index is 12.8. The van der Waals surface area contributed by atoms with Gasteiger partial charge in [-0.1, -0.05) is 11.6 Å². The van der Waals surface area contributed by atoms with E-state index in [2.05, 4.69) is 20.6 Å². The van der Waals surface area contributed by atoms with Gasteiger partial charge in [0.15, 0.2) is 5.96 Å². The highest BCUT2D eigenvalue weighted by atomic mass is 127. The maximum Gasteiger partial charge on any atom is 0.319 e. The first kappa shape index (κ1) is 23.0. The van der Waals surface area contributed by atoms with Gasteiger partial charge in [-0.25, -0.2) is 9.98 Å². The zero-order valence-corrected chi connectivity index (χ0v) is 18.1. The fourth-order valence-corrected chi connectivity index (χ4v) is 2.90. The van der Waals surface area contributed by atoms with Gasteiger partial charge in [0, 0.05) is 41.2 Å². The molecule has 26 heavy (non-hydrogen) atoms. The Morgan fingerprint density at radius 2 is 2.04 bits per heavy atom. The second-order valence-corrected chi connectivity index (χ2v) is 6.56. The Morgan fingerprint density at radius 3 is 2.69 bits per heavy atom. The molecule has 0 saturated heterocycles. The molecule has 0 saturated carbocycles. The third-order valence-corrected chi connectivity index (χ3v) is 4.42. The van der Waals surface area contributed by atoms with Gasteiger partial charge in [-0.15, -0.1) is 35.7 Å². The van der Waals surface area contributed by atoms with Gasteiger partial charge in [0.1, 0.15) is 12.4 Å². The van der Waals surface area contributed by atoms with Gasteiger partial charge in [-0.05, 0) is 31.2 Å². The number of hydrogen-bond acceptors (Lipinski definition) is 3. The SMILES string of the molecule is CCNC(=NCc1nccn1C(F)F)NCCSc1ccc(Cl)cc1.I. The first-order valence-electron chi connectivity index (χ1n) is 7.80. The average molecular weight is 516 g/mol. The van der Waals surface area contributed by atoms with Gasteiger partial charge >= 0.3 is 6.55 Å². The summed E-state index contributed by atoms with van der Waals surface area (Å²) in [5.74, 6) is 1.63. The molecule has 0 fully saturated rings. The molecule has 2 N–H and O–H groups in total. The summed E-state index contributed by atoms with van der Waals surface area (Å²) in [4.78, 5) is 9.36. The standard InChI is InChI=1S/C16H20ClF2N5S.HI/c1-2-20-16(23-11-14-21-7-9-24(14)15(18)19)22-8-10-25-13-5-3-12(17)4-6-13;/h3-7,9,15H,2,8,10-11H2,1H3,(H2,20,22,23);1H. The van der Waals surface area contributed by atoms with E-state index in [0.717, 1.165) is 15.2 Å². The average Bonchev–Trinajstić information content (AvgIpc) is 3.07. The van der Waals surface area contributed by atoms with E-state index in [0.29, 0.717) is 24.1 Å². The molecule has 2 aromatic rings. The molecule has 5 nitrogen and oxygen atoms in total. The van der Waals surface area contributed by atoms with Crippen LogP contribution >= 0.6 is 47.3 Å². The van der Waals surface area contributed by atoms with Crippen molar-refractivity contribution in [3.8, 4) is 0 Å². The third-order valence-electron chi connectivity index (χ3n) is 3.16. The molecule has 0 aliphatic rings. The van der Waals surface area contributed by atoms with Gasteiger partial charge in [-0.2, -0.15) is 8.78 Å². The van der Waals surface area contributed by atoms with Gasteiger partial charge in [0.25, 0.3) is 0 Å². The number of thioether (sulfide) groups is 1. The van der Waals surface area contributed by atoms with E-state index in [1.54, 1.807) is 11.8 Å². The van der Waals surface area contributed by atoms with Crippen LogP contribution in [-0.2, 0) is 6.54 Å². The Bertz CT molecular complexity index is 682. The summed E-state index contributed by atoms with van der Waals surface area (Å²) in [7, 11) is 0. The lowest BCUT2D eigenvalue weighted by atomic mass is 10.4. The van der Waals surface area contributed by atoms with Crippen molar-refractivity contribution in [2.24, 2.45) is 4.99 Å².